The molecular formula is C19H23N. The fraction of sp³-hybridized carbons (Fsp3) is 0.368. The van der Waals surface area contributed by atoms with Crippen LogP contribution in [-0.2, 0) is 12.8 Å². The Kier molecular flexibility index (Phi) is 3.62. The molecule has 2 aromatic carbocycles. The van der Waals surface area contributed by atoms with E-state index in [1.807, 2.05) is 0 Å². The van der Waals surface area contributed by atoms with Crippen LogP contribution in [-0.4, -0.2) is 25.0 Å². The summed E-state index contributed by atoms with van der Waals surface area (Å²) in [4.78, 5) is 2.36. The summed E-state index contributed by atoms with van der Waals surface area (Å²) in [5, 5.41) is 0. The van der Waals surface area contributed by atoms with Crippen LogP contribution in [0, 0.1) is 6.92 Å². The average molecular weight is 265 g/mol. The molecule has 0 bridgehead atoms. The molecule has 0 N–H and O–H groups in total. The Hall–Kier alpha value is -1.60. The summed E-state index contributed by atoms with van der Waals surface area (Å²) in [6.07, 6.45) is 3.67. The van der Waals surface area contributed by atoms with E-state index in [0.717, 1.165) is 0 Å². The first-order valence-corrected chi connectivity index (χ1v) is 7.49. The standard InChI is InChI=1S/C19H23N/c1-14-5-4-6-15(11-14)16-7-8-18-13-19(20(2)3)10-9-17(18)12-16/h4-8,11-12,19H,9-10,13H2,1-3H3. The Morgan fingerprint density at radius 3 is 2.50 bits per heavy atom. The smallest absolute Gasteiger partial charge is 0.0133 e. The van der Waals surface area contributed by atoms with Gasteiger partial charge in [-0.25, -0.2) is 0 Å². The molecule has 1 atom stereocenters. The van der Waals surface area contributed by atoms with Gasteiger partial charge in [0.15, 0.2) is 0 Å². The molecule has 1 unspecified atom stereocenters. The summed E-state index contributed by atoms with van der Waals surface area (Å²) in [5.41, 5.74) is 7.10. The number of benzene rings is 2. The summed E-state index contributed by atoms with van der Waals surface area (Å²) in [5.74, 6) is 0. The average Bonchev–Trinajstić information content (AvgIpc) is 2.46. The van der Waals surface area contributed by atoms with Crippen molar-refractivity contribution in [1.29, 1.82) is 0 Å². The zero-order valence-electron chi connectivity index (χ0n) is 12.7. The first kappa shape index (κ1) is 13.4. The van der Waals surface area contributed by atoms with Crippen LogP contribution in [0.15, 0.2) is 42.5 Å². The number of likely N-dealkylation sites (N-methyl/N-ethyl adjacent to an activating group) is 1. The van der Waals surface area contributed by atoms with Crippen LogP contribution in [0.1, 0.15) is 23.1 Å². The summed E-state index contributed by atoms with van der Waals surface area (Å²) < 4.78 is 0. The molecular weight excluding hydrogens is 242 g/mol. The summed E-state index contributed by atoms with van der Waals surface area (Å²) in [6.45, 7) is 2.16. The molecule has 0 saturated carbocycles. The van der Waals surface area contributed by atoms with Gasteiger partial charge in [0.05, 0.1) is 0 Å². The van der Waals surface area contributed by atoms with E-state index in [2.05, 4.69) is 68.4 Å². The summed E-state index contributed by atoms with van der Waals surface area (Å²) >= 11 is 0. The molecule has 0 aliphatic heterocycles. The summed E-state index contributed by atoms with van der Waals surface area (Å²) in [7, 11) is 4.38. The fourth-order valence-electron chi connectivity index (χ4n) is 3.18. The molecule has 1 nitrogen and oxygen atoms in total. The van der Waals surface area contributed by atoms with Gasteiger partial charge < -0.3 is 4.90 Å². The van der Waals surface area contributed by atoms with Gasteiger partial charge in [-0.1, -0.05) is 48.0 Å². The van der Waals surface area contributed by atoms with Crippen LogP contribution < -0.4 is 0 Å². The third-order valence-electron chi connectivity index (χ3n) is 4.49. The monoisotopic (exact) mass is 265 g/mol. The van der Waals surface area contributed by atoms with Crippen LogP contribution in [0.5, 0.6) is 0 Å². The van der Waals surface area contributed by atoms with E-state index >= 15 is 0 Å². The maximum Gasteiger partial charge on any atom is 0.0133 e. The molecule has 3 rings (SSSR count). The van der Waals surface area contributed by atoms with Gasteiger partial charge in [0.2, 0.25) is 0 Å². The van der Waals surface area contributed by atoms with E-state index in [-0.39, 0.29) is 0 Å². The molecule has 104 valence electrons. The highest BCUT2D eigenvalue weighted by Crippen LogP contribution is 2.29. The van der Waals surface area contributed by atoms with Crippen LogP contribution in [0.25, 0.3) is 11.1 Å². The largest absolute Gasteiger partial charge is 0.306 e. The van der Waals surface area contributed by atoms with Crippen LogP contribution in [0.3, 0.4) is 0 Å². The molecule has 0 fully saturated rings. The lowest BCUT2D eigenvalue weighted by Gasteiger charge is -2.30. The second-order valence-corrected chi connectivity index (χ2v) is 6.21. The predicted octanol–water partition coefficient (Wildman–Crippen LogP) is 4.08. The van der Waals surface area contributed by atoms with Crippen molar-refractivity contribution in [2.45, 2.75) is 32.2 Å². The molecule has 0 saturated heterocycles. The van der Waals surface area contributed by atoms with Crippen LogP contribution in [0.2, 0.25) is 0 Å². The third kappa shape index (κ3) is 2.64. The van der Waals surface area contributed by atoms with Gasteiger partial charge >= 0.3 is 0 Å². The van der Waals surface area contributed by atoms with Crippen molar-refractivity contribution >= 4 is 0 Å². The third-order valence-corrected chi connectivity index (χ3v) is 4.49. The van der Waals surface area contributed by atoms with Gasteiger partial charge in [-0.15, -0.1) is 0 Å². The van der Waals surface area contributed by atoms with Crippen molar-refractivity contribution in [3.05, 3.63) is 59.2 Å². The second kappa shape index (κ2) is 5.41. The molecule has 0 spiro atoms. The molecule has 2 aromatic rings. The molecule has 0 amide bonds. The van der Waals surface area contributed by atoms with Crippen LogP contribution >= 0.6 is 0 Å². The Bertz CT molecular complexity index is 613. The van der Waals surface area contributed by atoms with Crippen molar-refractivity contribution in [3.63, 3.8) is 0 Å². The van der Waals surface area contributed by atoms with Crippen LogP contribution in [0.4, 0.5) is 0 Å². The lowest BCUT2D eigenvalue weighted by atomic mass is 9.86. The Morgan fingerprint density at radius 2 is 1.75 bits per heavy atom. The van der Waals surface area contributed by atoms with Crippen molar-refractivity contribution < 1.29 is 0 Å². The normalized spacial score (nSPS) is 18.1. The quantitative estimate of drug-likeness (QED) is 0.791. The summed E-state index contributed by atoms with van der Waals surface area (Å²) in [6, 6.07) is 16.5. The maximum atomic E-state index is 2.40. The van der Waals surface area contributed by atoms with Crippen molar-refractivity contribution in [2.75, 3.05) is 14.1 Å². The lowest BCUT2D eigenvalue weighted by Crippen LogP contribution is -2.33. The number of rotatable bonds is 2. The van der Waals surface area contributed by atoms with E-state index in [0.29, 0.717) is 6.04 Å². The minimum absolute atomic E-state index is 0.701. The first-order chi connectivity index (χ1) is 9.63. The molecule has 1 aliphatic rings. The van der Waals surface area contributed by atoms with Gasteiger partial charge in [0.25, 0.3) is 0 Å². The topological polar surface area (TPSA) is 3.24 Å². The first-order valence-electron chi connectivity index (χ1n) is 7.49. The Morgan fingerprint density at radius 1 is 0.950 bits per heavy atom. The molecule has 20 heavy (non-hydrogen) atoms. The minimum Gasteiger partial charge on any atom is -0.306 e. The Labute approximate surface area is 122 Å². The van der Waals surface area contributed by atoms with E-state index in [9.17, 15) is 0 Å². The number of hydrogen-bond acceptors (Lipinski definition) is 1. The van der Waals surface area contributed by atoms with E-state index in [4.69, 9.17) is 0 Å². The molecule has 0 aromatic heterocycles. The van der Waals surface area contributed by atoms with Gasteiger partial charge in [-0.05, 0) is 62.5 Å². The predicted molar refractivity (Wildman–Crippen MR) is 86.1 cm³/mol. The zero-order valence-corrected chi connectivity index (χ0v) is 12.7. The van der Waals surface area contributed by atoms with Crippen molar-refractivity contribution in [3.8, 4) is 11.1 Å². The number of fused-ring (bicyclic) bond motifs is 1. The van der Waals surface area contributed by atoms with E-state index in [1.54, 1.807) is 5.56 Å². The Balaban J connectivity index is 1.91. The highest BCUT2D eigenvalue weighted by molar-refractivity contribution is 5.65. The zero-order chi connectivity index (χ0) is 14.1. The maximum absolute atomic E-state index is 2.40. The number of nitrogens with zero attached hydrogens (tertiary/aromatic N) is 1. The van der Waals surface area contributed by atoms with Gasteiger partial charge in [0.1, 0.15) is 0 Å². The molecule has 0 heterocycles. The minimum atomic E-state index is 0.701. The molecule has 1 heteroatoms. The lowest BCUT2D eigenvalue weighted by molar-refractivity contribution is 0.268. The van der Waals surface area contributed by atoms with E-state index < -0.39 is 0 Å². The van der Waals surface area contributed by atoms with E-state index in [1.165, 1.54) is 41.5 Å². The van der Waals surface area contributed by atoms with Crippen molar-refractivity contribution in [2.24, 2.45) is 0 Å². The molecule has 0 radical (unpaired) electrons. The molecule has 1 aliphatic carbocycles. The highest BCUT2D eigenvalue weighted by atomic mass is 15.1. The second-order valence-electron chi connectivity index (χ2n) is 6.21. The van der Waals surface area contributed by atoms with Gasteiger partial charge in [0, 0.05) is 6.04 Å². The number of aryl methyl sites for hydroxylation is 2. The fourth-order valence-corrected chi connectivity index (χ4v) is 3.18. The number of hydrogen-bond donors (Lipinski definition) is 0. The SMILES string of the molecule is Cc1cccc(-c2ccc3c(c2)CCC(N(C)C)C3)c1. The van der Waals surface area contributed by atoms with Gasteiger partial charge in [-0.3, -0.25) is 0 Å². The van der Waals surface area contributed by atoms with Gasteiger partial charge in [-0.2, -0.15) is 0 Å². The highest BCUT2D eigenvalue weighted by Gasteiger charge is 2.20. The van der Waals surface area contributed by atoms with Crippen molar-refractivity contribution in [1.82, 2.24) is 4.90 Å².